The highest BCUT2D eigenvalue weighted by atomic mass is 79.9. The van der Waals surface area contributed by atoms with Gasteiger partial charge in [0, 0.05) is 15.1 Å². The molecule has 21 heavy (non-hydrogen) atoms. The van der Waals surface area contributed by atoms with Gasteiger partial charge < -0.3 is 0 Å². The molecule has 1 aliphatic rings. The largest absolute Gasteiger partial charge is 0.115 e. The molecule has 102 valence electrons. The van der Waals surface area contributed by atoms with E-state index >= 15 is 0 Å². The van der Waals surface area contributed by atoms with E-state index in [4.69, 9.17) is 18.0 Å². The van der Waals surface area contributed by atoms with Crippen LogP contribution in [-0.2, 0) is 0 Å². The van der Waals surface area contributed by atoms with Crippen molar-refractivity contribution in [3.63, 3.8) is 0 Å². The number of fused-ring (bicyclic) bond motifs is 1. The minimum atomic E-state index is 0.740. The molecule has 0 atom stereocenters. The lowest BCUT2D eigenvalue weighted by Crippen LogP contribution is -1.84. The molecule has 0 N–H and O–H groups in total. The highest BCUT2D eigenvalue weighted by Crippen LogP contribution is 2.42. The molecule has 2 aromatic rings. The minimum Gasteiger partial charge on any atom is -0.115 e. The fourth-order valence-corrected chi connectivity index (χ4v) is 3.08. The molecular weight excluding hydrogens is 344 g/mol. The Balaban J connectivity index is 2.18. The van der Waals surface area contributed by atoms with E-state index in [1.165, 1.54) is 11.1 Å². The molecule has 0 nitrogen and oxygen atoms in total. The van der Waals surface area contributed by atoms with Gasteiger partial charge >= 0.3 is 0 Å². The summed E-state index contributed by atoms with van der Waals surface area (Å²) in [5.74, 6) is 2.82. The Morgan fingerprint density at radius 2 is 1.81 bits per heavy atom. The van der Waals surface area contributed by atoms with Gasteiger partial charge in [0.15, 0.2) is 0 Å². The second-order valence-electron chi connectivity index (χ2n) is 4.94. The van der Waals surface area contributed by atoms with Gasteiger partial charge in [-0.25, -0.2) is 0 Å². The molecule has 0 saturated heterocycles. The van der Waals surface area contributed by atoms with Gasteiger partial charge in [-0.2, -0.15) is 0 Å². The van der Waals surface area contributed by atoms with Gasteiger partial charge in [-0.1, -0.05) is 51.7 Å². The molecule has 0 saturated carbocycles. The van der Waals surface area contributed by atoms with Crippen molar-refractivity contribution >= 4 is 44.8 Å². The first kappa shape index (κ1) is 14.2. The zero-order valence-corrected chi connectivity index (χ0v) is 13.8. The molecule has 0 radical (unpaired) electrons. The number of terminal acetylenes is 1. The average Bonchev–Trinajstić information content (AvgIpc) is 2.73. The smallest absolute Gasteiger partial charge is 0.0406 e. The van der Waals surface area contributed by atoms with Crippen molar-refractivity contribution in [2.45, 2.75) is 6.92 Å². The van der Waals surface area contributed by atoms with Crippen LogP contribution in [0.2, 0.25) is 5.02 Å². The summed E-state index contributed by atoms with van der Waals surface area (Å²) in [5.41, 5.74) is 6.68. The zero-order chi connectivity index (χ0) is 15.0. The van der Waals surface area contributed by atoms with Crippen LogP contribution in [0.5, 0.6) is 0 Å². The van der Waals surface area contributed by atoms with Crippen molar-refractivity contribution in [2.75, 3.05) is 0 Å². The maximum Gasteiger partial charge on any atom is 0.0406 e. The van der Waals surface area contributed by atoms with E-state index in [0.29, 0.717) is 0 Å². The van der Waals surface area contributed by atoms with Gasteiger partial charge in [0.2, 0.25) is 0 Å². The van der Waals surface area contributed by atoms with E-state index in [0.717, 1.165) is 31.8 Å². The molecule has 1 aliphatic carbocycles. The summed E-state index contributed by atoms with van der Waals surface area (Å²) in [6, 6.07) is 14.0. The topological polar surface area (TPSA) is 0 Å². The van der Waals surface area contributed by atoms with Crippen molar-refractivity contribution < 1.29 is 0 Å². The van der Waals surface area contributed by atoms with Crippen molar-refractivity contribution in [1.29, 1.82) is 0 Å². The molecule has 2 aromatic carbocycles. The van der Waals surface area contributed by atoms with Gasteiger partial charge in [-0.3, -0.25) is 0 Å². The van der Waals surface area contributed by atoms with Gasteiger partial charge in [-0.05, 0) is 65.1 Å². The minimum absolute atomic E-state index is 0.740. The predicted octanol–water partition coefficient (Wildman–Crippen LogP) is 6.06. The lowest BCUT2D eigenvalue weighted by Gasteiger charge is -2.04. The second-order valence-corrected chi connectivity index (χ2v) is 6.30. The van der Waals surface area contributed by atoms with Gasteiger partial charge in [0.1, 0.15) is 0 Å². The SMILES string of the molecule is C#CC1=C(C)C(=Cc2ccc(Cl)cc2)c2ccc(Br)cc21. The molecule has 3 rings (SSSR count). The standard InChI is InChI=1S/C19H12BrCl/c1-3-16-12(2)18(10-13-4-7-15(21)8-5-13)17-9-6-14(20)11-19(16)17/h1,4-11H,2H3. The lowest BCUT2D eigenvalue weighted by molar-refractivity contribution is 1.56. The van der Waals surface area contributed by atoms with Crippen LogP contribution in [0.1, 0.15) is 23.6 Å². The quantitative estimate of drug-likeness (QED) is 0.545. The first-order chi connectivity index (χ1) is 10.1. The third-order valence-electron chi connectivity index (χ3n) is 3.65. The van der Waals surface area contributed by atoms with E-state index in [9.17, 15) is 0 Å². The van der Waals surface area contributed by atoms with Crippen LogP contribution >= 0.6 is 27.5 Å². The Morgan fingerprint density at radius 1 is 1.10 bits per heavy atom. The summed E-state index contributed by atoms with van der Waals surface area (Å²) in [7, 11) is 0. The molecule has 0 aromatic heterocycles. The van der Waals surface area contributed by atoms with Crippen LogP contribution in [0.15, 0.2) is 52.5 Å². The highest BCUT2D eigenvalue weighted by molar-refractivity contribution is 9.10. The molecule has 2 heteroatoms. The summed E-state index contributed by atoms with van der Waals surface area (Å²) in [4.78, 5) is 0. The Bertz CT molecular complexity index is 818. The maximum atomic E-state index is 5.94. The van der Waals surface area contributed by atoms with Gasteiger partial charge in [0.25, 0.3) is 0 Å². The fourth-order valence-electron chi connectivity index (χ4n) is 2.59. The Labute approximate surface area is 138 Å². The molecule has 0 bridgehead atoms. The van der Waals surface area contributed by atoms with E-state index in [2.05, 4.69) is 47.0 Å². The van der Waals surface area contributed by atoms with Crippen molar-refractivity contribution in [3.05, 3.63) is 74.2 Å². The zero-order valence-electron chi connectivity index (χ0n) is 11.5. The van der Waals surface area contributed by atoms with Crippen LogP contribution in [0.4, 0.5) is 0 Å². The monoisotopic (exact) mass is 354 g/mol. The predicted molar refractivity (Wildman–Crippen MR) is 94.9 cm³/mol. The first-order valence-electron chi connectivity index (χ1n) is 6.55. The Kier molecular flexibility index (Phi) is 3.76. The van der Waals surface area contributed by atoms with Crippen LogP contribution in [0.3, 0.4) is 0 Å². The summed E-state index contributed by atoms with van der Waals surface area (Å²) in [6.07, 6.45) is 7.85. The van der Waals surface area contributed by atoms with Crippen LogP contribution in [0.25, 0.3) is 17.2 Å². The number of benzene rings is 2. The highest BCUT2D eigenvalue weighted by Gasteiger charge is 2.22. The Morgan fingerprint density at radius 3 is 2.48 bits per heavy atom. The first-order valence-corrected chi connectivity index (χ1v) is 7.72. The maximum absolute atomic E-state index is 5.94. The normalized spacial score (nSPS) is 15.2. The van der Waals surface area contributed by atoms with Crippen molar-refractivity contribution in [3.8, 4) is 12.3 Å². The molecule has 0 aliphatic heterocycles. The fraction of sp³-hybridized carbons (Fsp3) is 0.0526. The van der Waals surface area contributed by atoms with E-state index < -0.39 is 0 Å². The lowest BCUT2D eigenvalue weighted by atomic mass is 10.0. The number of hydrogen-bond acceptors (Lipinski definition) is 0. The molecule has 0 amide bonds. The second kappa shape index (κ2) is 5.56. The summed E-state index contributed by atoms with van der Waals surface area (Å²) >= 11 is 9.45. The number of hydrogen-bond donors (Lipinski definition) is 0. The number of rotatable bonds is 1. The molecule has 0 fully saturated rings. The van der Waals surface area contributed by atoms with Crippen molar-refractivity contribution in [2.24, 2.45) is 0 Å². The van der Waals surface area contributed by atoms with E-state index in [1.54, 1.807) is 0 Å². The van der Waals surface area contributed by atoms with E-state index in [-0.39, 0.29) is 0 Å². The average molecular weight is 356 g/mol. The van der Waals surface area contributed by atoms with Crippen LogP contribution < -0.4 is 0 Å². The third kappa shape index (κ3) is 2.58. The van der Waals surface area contributed by atoms with E-state index in [1.807, 2.05) is 30.3 Å². The summed E-state index contributed by atoms with van der Waals surface area (Å²) < 4.78 is 1.04. The molecule has 0 spiro atoms. The van der Waals surface area contributed by atoms with Crippen LogP contribution in [-0.4, -0.2) is 0 Å². The Hall–Kier alpha value is -1.75. The number of allylic oxidation sites excluding steroid dienone is 3. The van der Waals surface area contributed by atoms with Crippen molar-refractivity contribution in [1.82, 2.24) is 0 Å². The summed E-state index contributed by atoms with van der Waals surface area (Å²) in [5, 5.41) is 0.740. The summed E-state index contributed by atoms with van der Waals surface area (Å²) in [6.45, 7) is 2.07. The molecule has 0 heterocycles. The van der Waals surface area contributed by atoms with Gasteiger partial charge in [0.05, 0.1) is 0 Å². The van der Waals surface area contributed by atoms with Crippen LogP contribution in [0, 0.1) is 12.3 Å². The molecule has 0 unspecified atom stereocenters. The van der Waals surface area contributed by atoms with Gasteiger partial charge in [-0.15, -0.1) is 6.42 Å². The third-order valence-corrected chi connectivity index (χ3v) is 4.39. The number of halogens is 2. The molecular formula is C19H12BrCl.